The van der Waals surface area contributed by atoms with Crippen molar-refractivity contribution in [3.8, 4) is 17.2 Å². The third-order valence-electron chi connectivity index (χ3n) is 8.17. The Balaban J connectivity index is 1.88. The Morgan fingerprint density at radius 3 is 2.33 bits per heavy atom. The van der Waals surface area contributed by atoms with E-state index >= 15 is 4.79 Å². The molecule has 2 aliphatic heterocycles. The topological polar surface area (TPSA) is 106 Å². The van der Waals surface area contributed by atoms with Crippen molar-refractivity contribution in [3.05, 3.63) is 76.3 Å². The van der Waals surface area contributed by atoms with E-state index in [9.17, 15) is 13.2 Å². The highest BCUT2D eigenvalue weighted by molar-refractivity contribution is 7.93. The molecule has 0 N–H and O–H groups in total. The molecule has 2 heterocycles. The van der Waals surface area contributed by atoms with Crippen LogP contribution in [0.4, 0.5) is 5.69 Å². The van der Waals surface area contributed by atoms with E-state index in [1.165, 1.54) is 44.4 Å². The van der Waals surface area contributed by atoms with Gasteiger partial charge in [-0.1, -0.05) is 29.8 Å². The quantitative estimate of drug-likeness (QED) is 0.366. The lowest BCUT2D eigenvalue weighted by Crippen LogP contribution is -2.59. The summed E-state index contributed by atoms with van der Waals surface area (Å²) in [7, 11) is 3.02. The largest absolute Gasteiger partial charge is 0.497 e. The van der Waals surface area contributed by atoms with E-state index in [0.29, 0.717) is 52.6 Å². The van der Waals surface area contributed by atoms with Crippen LogP contribution in [0.5, 0.6) is 17.2 Å². The van der Waals surface area contributed by atoms with Gasteiger partial charge in [0.25, 0.3) is 15.9 Å². The molecule has 1 saturated heterocycles. The molecular weight excluding hydrogens is 594 g/mol. The second-order valence-corrected chi connectivity index (χ2v) is 12.9. The summed E-state index contributed by atoms with van der Waals surface area (Å²) in [6, 6.07) is 13.8. The number of methoxy groups -OCH3 is 3. The predicted octanol–water partition coefficient (Wildman–Crippen LogP) is 4.21. The highest BCUT2D eigenvalue weighted by Crippen LogP contribution is 2.55. The molecule has 2 unspecified atom stereocenters. The molecule has 0 aliphatic carbocycles. The molecule has 12 heteroatoms. The van der Waals surface area contributed by atoms with Gasteiger partial charge in [0.2, 0.25) is 5.91 Å². The first-order valence-electron chi connectivity index (χ1n) is 13.7. The van der Waals surface area contributed by atoms with Gasteiger partial charge in [-0.2, -0.15) is 0 Å². The van der Waals surface area contributed by atoms with Crippen LogP contribution >= 0.6 is 11.6 Å². The number of sulfonamides is 1. The Hall–Kier alpha value is -3.80. The number of ether oxygens (including phenoxy) is 3. The summed E-state index contributed by atoms with van der Waals surface area (Å²) in [4.78, 5) is 31.9. The number of para-hydroxylation sites is 1. The number of likely N-dealkylation sites (tertiary alicyclic amines) is 1. The average molecular weight is 628 g/mol. The highest BCUT2D eigenvalue weighted by atomic mass is 35.5. The first kappa shape index (κ1) is 30.7. The van der Waals surface area contributed by atoms with Crippen LogP contribution in [0.3, 0.4) is 0 Å². The lowest BCUT2D eigenvalue weighted by molar-refractivity contribution is -0.138. The monoisotopic (exact) mass is 627 g/mol. The van der Waals surface area contributed by atoms with Crippen LogP contribution in [0, 0.1) is 6.92 Å². The lowest BCUT2D eigenvalue weighted by Gasteiger charge is -2.42. The SMILES string of the molecule is COc1ccc(S(=O)(=O)N2C(=O)C(c3ccccc3OC)(N3CCCC3C(=O)N(C)C)c3cc(Cl)c(C)cc32)c(OC)c1. The van der Waals surface area contributed by atoms with Crippen molar-refractivity contribution in [2.45, 2.75) is 36.2 Å². The normalized spacial score (nSPS) is 20.2. The van der Waals surface area contributed by atoms with Crippen molar-refractivity contribution >= 4 is 39.1 Å². The smallest absolute Gasteiger partial charge is 0.274 e. The zero-order chi connectivity index (χ0) is 31.3. The van der Waals surface area contributed by atoms with Crippen molar-refractivity contribution < 1.29 is 32.2 Å². The van der Waals surface area contributed by atoms with E-state index in [1.807, 2.05) is 0 Å². The minimum atomic E-state index is -4.58. The van der Waals surface area contributed by atoms with Gasteiger partial charge in [-0.25, -0.2) is 12.7 Å². The molecule has 10 nitrogen and oxygen atoms in total. The van der Waals surface area contributed by atoms with Crippen molar-refractivity contribution in [1.82, 2.24) is 9.80 Å². The van der Waals surface area contributed by atoms with Crippen LogP contribution in [-0.4, -0.2) is 78.0 Å². The van der Waals surface area contributed by atoms with Crippen LogP contribution in [0.2, 0.25) is 5.02 Å². The van der Waals surface area contributed by atoms with Gasteiger partial charge in [0.05, 0.1) is 33.1 Å². The summed E-state index contributed by atoms with van der Waals surface area (Å²) in [6.07, 6.45) is 1.09. The van der Waals surface area contributed by atoms with Crippen LogP contribution in [0.25, 0.3) is 0 Å². The third kappa shape index (κ3) is 4.61. The maximum absolute atomic E-state index is 15.3. The van der Waals surface area contributed by atoms with Gasteiger partial charge in [-0.15, -0.1) is 0 Å². The molecule has 2 amide bonds. The summed E-state index contributed by atoms with van der Waals surface area (Å²) >= 11 is 6.71. The highest BCUT2D eigenvalue weighted by Gasteiger charge is 2.63. The predicted molar refractivity (Wildman–Crippen MR) is 163 cm³/mol. The number of benzene rings is 3. The van der Waals surface area contributed by atoms with Crippen molar-refractivity contribution in [2.75, 3.05) is 46.3 Å². The molecular formula is C31H34ClN3O7S. The minimum absolute atomic E-state index is 0.0102. The molecule has 1 fully saturated rings. The van der Waals surface area contributed by atoms with Gasteiger partial charge in [0.1, 0.15) is 22.1 Å². The molecule has 2 aliphatic rings. The van der Waals surface area contributed by atoms with Crippen LogP contribution in [0.1, 0.15) is 29.5 Å². The van der Waals surface area contributed by atoms with E-state index in [1.54, 1.807) is 62.3 Å². The summed E-state index contributed by atoms with van der Waals surface area (Å²) in [5.41, 5.74) is -0.306. The number of aryl methyl sites for hydroxylation is 1. The molecule has 0 spiro atoms. The van der Waals surface area contributed by atoms with Crippen LogP contribution in [-0.2, 0) is 25.2 Å². The van der Waals surface area contributed by atoms with Gasteiger partial charge in [-0.3, -0.25) is 14.5 Å². The first-order chi connectivity index (χ1) is 20.4. The maximum Gasteiger partial charge on any atom is 0.274 e. The minimum Gasteiger partial charge on any atom is -0.497 e. The van der Waals surface area contributed by atoms with E-state index < -0.39 is 27.5 Å². The Labute approximate surface area is 256 Å². The Morgan fingerprint density at radius 1 is 0.977 bits per heavy atom. The summed E-state index contributed by atoms with van der Waals surface area (Å²) in [5, 5.41) is 0.349. The summed E-state index contributed by atoms with van der Waals surface area (Å²) in [6.45, 7) is 2.09. The molecule has 5 rings (SSSR count). The molecule has 0 radical (unpaired) electrons. The van der Waals surface area contributed by atoms with Crippen molar-refractivity contribution in [3.63, 3.8) is 0 Å². The molecule has 2 atom stereocenters. The standard InChI is InChI=1S/C31H34ClN3O7S/c1-19-16-25-22(18-23(19)32)31(21-10-7-8-12-26(21)41-5,34-15-9-11-24(34)29(36)33(2)3)30(37)35(25)43(38,39)28-14-13-20(40-4)17-27(28)42-6/h7-8,10,12-14,16-18,24H,9,11,15H2,1-6H3. The molecule has 0 aromatic heterocycles. The number of nitrogens with zero attached hydrogens (tertiary/aromatic N) is 3. The van der Waals surface area contributed by atoms with E-state index in [4.69, 9.17) is 25.8 Å². The van der Waals surface area contributed by atoms with Gasteiger partial charge in [0, 0.05) is 42.9 Å². The first-order valence-corrected chi connectivity index (χ1v) is 15.5. The fourth-order valence-corrected chi connectivity index (χ4v) is 7.94. The number of hydrogen-bond donors (Lipinski definition) is 0. The lowest BCUT2D eigenvalue weighted by atomic mass is 9.80. The fraction of sp³-hybridized carbons (Fsp3) is 0.355. The number of fused-ring (bicyclic) bond motifs is 1. The average Bonchev–Trinajstić information content (AvgIpc) is 3.57. The second-order valence-electron chi connectivity index (χ2n) is 10.7. The van der Waals surface area contributed by atoms with Gasteiger partial charge in [-0.05, 0) is 55.7 Å². The zero-order valence-electron chi connectivity index (χ0n) is 24.9. The zero-order valence-corrected chi connectivity index (χ0v) is 26.5. The molecule has 3 aromatic carbocycles. The maximum atomic E-state index is 15.3. The van der Waals surface area contributed by atoms with E-state index in [-0.39, 0.29) is 22.2 Å². The number of carbonyl (C=O) groups excluding carboxylic acids is 2. The third-order valence-corrected chi connectivity index (χ3v) is 10.3. The number of hydrogen-bond acceptors (Lipinski definition) is 8. The van der Waals surface area contributed by atoms with Crippen LogP contribution in [0.15, 0.2) is 59.5 Å². The van der Waals surface area contributed by atoms with Crippen molar-refractivity contribution in [1.29, 1.82) is 0 Å². The molecule has 0 saturated carbocycles. The van der Waals surface area contributed by atoms with E-state index in [0.717, 1.165) is 4.31 Å². The van der Waals surface area contributed by atoms with Gasteiger partial charge >= 0.3 is 0 Å². The van der Waals surface area contributed by atoms with Gasteiger partial charge < -0.3 is 19.1 Å². The Morgan fingerprint density at radius 2 is 1.67 bits per heavy atom. The number of amides is 2. The summed E-state index contributed by atoms with van der Waals surface area (Å²) in [5.74, 6) is -0.210. The molecule has 3 aromatic rings. The van der Waals surface area contributed by atoms with E-state index in [2.05, 4.69) is 0 Å². The fourth-order valence-electron chi connectivity index (χ4n) is 6.18. The second kappa shape index (κ2) is 11.4. The summed E-state index contributed by atoms with van der Waals surface area (Å²) < 4.78 is 46.5. The number of halogens is 1. The Bertz CT molecular complexity index is 1710. The molecule has 43 heavy (non-hydrogen) atoms. The number of anilines is 1. The molecule has 0 bridgehead atoms. The molecule has 228 valence electrons. The Kier molecular flexibility index (Phi) is 8.10. The number of likely N-dealkylation sites (N-methyl/N-ethyl adjacent to an activating group) is 1. The van der Waals surface area contributed by atoms with Gasteiger partial charge in [0.15, 0.2) is 5.54 Å². The number of carbonyl (C=O) groups is 2. The number of rotatable bonds is 8. The van der Waals surface area contributed by atoms with Crippen LogP contribution < -0.4 is 18.5 Å². The van der Waals surface area contributed by atoms with Crippen molar-refractivity contribution in [2.24, 2.45) is 0 Å².